The lowest BCUT2D eigenvalue weighted by Gasteiger charge is -2.06. The van der Waals surface area contributed by atoms with Crippen molar-refractivity contribution in [3.05, 3.63) is 102 Å². The molecule has 0 radical (unpaired) electrons. The van der Waals surface area contributed by atoms with Gasteiger partial charge in [0.1, 0.15) is 17.3 Å². The largest absolute Gasteiger partial charge is 0.456 e. The van der Waals surface area contributed by atoms with E-state index in [2.05, 4.69) is 31.9 Å². The fraction of sp³-hybridized carbons (Fsp3) is 0. The average molecular weight is 514 g/mol. The summed E-state index contributed by atoms with van der Waals surface area (Å²) in [5, 5.41) is 20.7. The van der Waals surface area contributed by atoms with Gasteiger partial charge < -0.3 is 4.74 Å². The van der Waals surface area contributed by atoms with Crippen LogP contribution < -0.4 is 4.74 Å². The Morgan fingerprint density at radius 2 is 1.32 bits per heavy atom. The lowest BCUT2D eigenvalue weighted by Crippen LogP contribution is -1.89. The molecule has 0 aliphatic rings. The molecule has 0 fully saturated rings. The fourth-order valence-electron chi connectivity index (χ4n) is 1.90. The minimum atomic E-state index is -0.579. The van der Waals surface area contributed by atoms with Crippen LogP contribution in [0.2, 0.25) is 0 Å². The van der Waals surface area contributed by atoms with Crippen LogP contribution in [0.1, 0.15) is 0 Å². The van der Waals surface area contributed by atoms with Gasteiger partial charge in [-0.1, -0.05) is 18.2 Å². The Balaban J connectivity index is 0.000000221. The van der Waals surface area contributed by atoms with E-state index in [9.17, 15) is 24.6 Å². The second kappa shape index (κ2) is 9.90. The highest BCUT2D eigenvalue weighted by Gasteiger charge is 2.10. The third-order valence-corrected chi connectivity index (χ3v) is 4.44. The van der Waals surface area contributed by atoms with E-state index in [0.29, 0.717) is 16.0 Å². The van der Waals surface area contributed by atoms with Crippen molar-refractivity contribution < 1.29 is 19.0 Å². The Hall–Kier alpha value is -2.85. The lowest BCUT2D eigenvalue weighted by molar-refractivity contribution is -0.385. The number of halogens is 3. The Morgan fingerprint density at radius 3 is 1.82 bits per heavy atom. The summed E-state index contributed by atoms with van der Waals surface area (Å²) >= 11 is 6.08. The van der Waals surface area contributed by atoms with Gasteiger partial charge in [-0.15, -0.1) is 0 Å². The van der Waals surface area contributed by atoms with E-state index in [-0.39, 0.29) is 15.8 Å². The first-order valence-corrected chi connectivity index (χ1v) is 9.13. The summed E-state index contributed by atoms with van der Waals surface area (Å²) in [5.74, 6) is 0.722. The Morgan fingerprint density at radius 1 is 0.786 bits per heavy atom. The molecule has 0 amide bonds. The van der Waals surface area contributed by atoms with Crippen LogP contribution in [0.3, 0.4) is 0 Å². The predicted octanol–water partition coefficient (Wildman–Crippen LogP) is 6.65. The highest BCUT2D eigenvalue weighted by atomic mass is 79.9. The van der Waals surface area contributed by atoms with E-state index in [1.54, 1.807) is 6.07 Å². The van der Waals surface area contributed by atoms with Gasteiger partial charge in [0.15, 0.2) is 0 Å². The number of hydrogen-bond donors (Lipinski definition) is 0. The van der Waals surface area contributed by atoms with Crippen molar-refractivity contribution in [3.63, 3.8) is 0 Å². The van der Waals surface area contributed by atoms with Gasteiger partial charge in [-0.25, -0.2) is 4.39 Å². The number of para-hydroxylation sites is 1. The molecule has 10 heteroatoms. The quantitative estimate of drug-likeness (QED) is 0.287. The van der Waals surface area contributed by atoms with Crippen LogP contribution in [0.25, 0.3) is 0 Å². The molecule has 0 unspecified atom stereocenters. The second-order valence-electron chi connectivity index (χ2n) is 5.14. The summed E-state index contributed by atoms with van der Waals surface area (Å²) in [6.45, 7) is 0. The molecular formula is C18H11Br2FN2O5. The van der Waals surface area contributed by atoms with Crippen molar-refractivity contribution in [2.45, 2.75) is 0 Å². The van der Waals surface area contributed by atoms with E-state index in [0.717, 1.165) is 18.2 Å². The minimum absolute atomic E-state index is 0.0253. The molecule has 3 rings (SSSR count). The summed E-state index contributed by atoms with van der Waals surface area (Å²) in [6, 6.07) is 16.9. The minimum Gasteiger partial charge on any atom is -0.456 e. The van der Waals surface area contributed by atoms with Gasteiger partial charge in [0, 0.05) is 24.3 Å². The highest BCUT2D eigenvalue weighted by molar-refractivity contribution is 9.10. The molecule has 0 bridgehead atoms. The Kier molecular flexibility index (Phi) is 7.59. The number of hydrogen-bond acceptors (Lipinski definition) is 5. The van der Waals surface area contributed by atoms with Crippen LogP contribution in [0.4, 0.5) is 15.8 Å². The van der Waals surface area contributed by atoms with Gasteiger partial charge in [-0.3, -0.25) is 20.2 Å². The molecule has 0 aliphatic carbocycles. The van der Waals surface area contributed by atoms with Gasteiger partial charge in [0.25, 0.3) is 11.4 Å². The Bertz CT molecular complexity index is 1000. The number of rotatable bonds is 4. The second-order valence-corrected chi connectivity index (χ2v) is 6.85. The first-order valence-electron chi connectivity index (χ1n) is 7.54. The molecule has 3 aromatic carbocycles. The van der Waals surface area contributed by atoms with Gasteiger partial charge in [0.05, 0.1) is 18.8 Å². The molecule has 0 spiro atoms. The van der Waals surface area contributed by atoms with Crippen molar-refractivity contribution >= 4 is 43.2 Å². The van der Waals surface area contributed by atoms with Gasteiger partial charge in [-0.05, 0) is 56.1 Å². The highest BCUT2D eigenvalue weighted by Crippen LogP contribution is 2.32. The summed E-state index contributed by atoms with van der Waals surface area (Å²) in [6.07, 6.45) is 0. The fourth-order valence-corrected chi connectivity index (χ4v) is 2.71. The number of nitro groups is 2. The smallest absolute Gasteiger partial charge is 0.270 e. The van der Waals surface area contributed by atoms with Crippen molar-refractivity contribution in [1.82, 2.24) is 0 Å². The number of non-ortho nitro benzene ring substituents is 2. The van der Waals surface area contributed by atoms with Crippen LogP contribution in [0.15, 0.2) is 75.7 Å². The molecule has 144 valence electrons. The normalized spacial score (nSPS) is 9.82. The number of ether oxygens (including phenoxy) is 1. The zero-order chi connectivity index (χ0) is 20.7. The molecule has 0 heterocycles. The van der Waals surface area contributed by atoms with Crippen molar-refractivity contribution in [3.8, 4) is 11.5 Å². The molecule has 7 nitrogen and oxygen atoms in total. The van der Waals surface area contributed by atoms with E-state index in [4.69, 9.17) is 4.74 Å². The average Bonchev–Trinajstić information content (AvgIpc) is 2.66. The van der Waals surface area contributed by atoms with Gasteiger partial charge >= 0.3 is 0 Å². The SMILES string of the molecule is O=[N+]([O-])c1ccc(F)c(Br)c1.O=[N+]([O-])c1ccc(Oc2ccccc2)c(Br)c1. The third kappa shape index (κ3) is 6.10. The first kappa shape index (κ1) is 21.5. The van der Waals surface area contributed by atoms with Crippen LogP contribution in [0, 0.1) is 26.0 Å². The summed E-state index contributed by atoms with van der Waals surface area (Å²) < 4.78 is 18.7. The molecule has 0 aliphatic heterocycles. The van der Waals surface area contributed by atoms with E-state index in [1.165, 1.54) is 12.1 Å². The summed E-state index contributed by atoms with van der Waals surface area (Å²) in [5.41, 5.74) is -0.101. The molecule has 0 atom stereocenters. The Labute approximate surface area is 175 Å². The third-order valence-electron chi connectivity index (χ3n) is 3.21. The molecule has 0 aromatic heterocycles. The number of benzene rings is 3. The molecule has 0 saturated carbocycles. The topological polar surface area (TPSA) is 95.5 Å². The van der Waals surface area contributed by atoms with Crippen LogP contribution in [-0.4, -0.2) is 9.85 Å². The van der Waals surface area contributed by atoms with E-state index >= 15 is 0 Å². The maximum atomic E-state index is 12.5. The van der Waals surface area contributed by atoms with Crippen molar-refractivity contribution in [1.29, 1.82) is 0 Å². The van der Waals surface area contributed by atoms with Gasteiger partial charge in [-0.2, -0.15) is 0 Å². The number of nitrogens with zero attached hydrogens (tertiary/aromatic N) is 2. The zero-order valence-corrected chi connectivity index (χ0v) is 17.1. The standard InChI is InChI=1S/C12H8BrNO3.C6H3BrFNO2/c13-11-8-9(14(15)16)6-7-12(11)17-10-4-2-1-3-5-10;7-5-3-4(9(10)11)1-2-6(5)8/h1-8H;1-3H. The monoisotopic (exact) mass is 512 g/mol. The lowest BCUT2D eigenvalue weighted by atomic mass is 10.3. The molecular weight excluding hydrogens is 503 g/mol. The van der Waals surface area contributed by atoms with Crippen molar-refractivity contribution in [2.24, 2.45) is 0 Å². The van der Waals surface area contributed by atoms with Crippen LogP contribution in [-0.2, 0) is 0 Å². The van der Waals surface area contributed by atoms with E-state index in [1.807, 2.05) is 30.3 Å². The molecule has 0 N–H and O–H groups in total. The molecule has 28 heavy (non-hydrogen) atoms. The maximum Gasteiger partial charge on any atom is 0.270 e. The van der Waals surface area contributed by atoms with Crippen LogP contribution in [0.5, 0.6) is 11.5 Å². The maximum absolute atomic E-state index is 12.5. The summed E-state index contributed by atoms with van der Waals surface area (Å²) in [7, 11) is 0. The molecule has 0 saturated heterocycles. The zero-order valence-electron chi connectivity index (χ0n) is 13.9. The molecule has 3 aromatic rings. The van der Waals surface area contributed by atoms with E-state index < -0.39 is 15.7 Å². The van der Waals surface area contributed by atoms with Crippen LogP contribution >= 0.6 is 31.9 Å². The van der Waals surface area contributed by atoms with Crippen molar-refractivity contribution in [2.75, 3.05) is 0 Å². The summed E-state index contributed by atoms with van der Waals surface area (Å²) in [4.78, 5) is 19.7. The number of nitro benzene ring substituents is 2. The predicted molar refractivity (Wildman–Crippen MR) is 108 cm³/mol. The van der Waals surface area contributed by atoms with Gasteiger partial charge in [0.2, 0.25) is 0 Å². The first-order chi connectivity index (χ1) is 13.3.